The summed E-state index contributed by atoms with van der Waals surface area (Å²) >= 11 is 0. The highest BCUT2D eigenvalue weighted by Crippen LogP contribution is 2.18. The van der Waals surface area contributed by atoms with Gasteiger partial charge in [-0.1, -0.05) is 18.2 Å². The van der Waals surface area contributed by atoms with Crippen LogP contribution in [0, 0.1) is 11.7 Å². The maximum absolute atomic E-state index is 13.0. The Morgan fingerprint density at radius 1 is 1.55 bits per heavy atom. The molecule has 20 heavy (non-hydrogen) atoms. The molecular formula is C15H18FNO3. The van der Waals surface area contributed by atoms with E-state index >= 15 is 0 Å². The monoisotopic (exact) mass is 279 g/mol. The maximum Gasteiger partial charge on any atom is 0.261 e. The van der Waals surface area contributed by atoms with E-state index in [9.17, 15) is 9.18 Å². The van der Waals surface area contributed by atoms with Crippen LogP contribution in [-0.4, -0.2) is 29.8 Å². The van der Waals surface area contributed by atoms with E-state index in [1.54, 1.807) is 13.0 Å². The highest BCUT2D eigenvalue weighted by atomic mass is 19.1. The fourth-order valence-electron chi connectivity index (χ4n) is 2.12. The van der Waals surface area contributed by atoms with Gasteiger partial charge >= 0.3 is 0 Å². The number of hydrogen-bond donors (Lipinski definition) is 2. The number of rotatable bonds is 5. The zero-order valence-corrected chi connectivity index (χ0v) is 11.3. The third-order valence-electron chi connectivity index (χ3n) is 3.21. The van der Waals surface area contributed by atoms with Gasteiger partial charge in [0.15, 0.2) is 6.10 Å². The summed E-state index contributed by atoms with van der Waals surface area (Å²) in [5, 5.41) is 11.8. The van der Waals surface area contributed by atoms with Gasteiger partial charge < -0.3 is 15.2 Å². The normalized spacial score (nSPS) is 22.6. The number of aliphatic hydroxyl groups excluding tert-OH is 1. The third-order valence-corrected chi connectivity index (χ3v) is 3.21. The molecule has 0 fully saturated rings. The average molecular weight is 279 g/mol. The van der Waals surface area contributed by atoms with Gasteiger partial charge in [-0.05, 0) is 25.5 Å². The van der Waals surface area contributed by atoms with Gasteiger partial charge in [-0.25, -0.2) is 4.39 Å². The molecule has 2 rings (SSSR count). The quantitative estimate of drug-likeness (QED) is 0.806. The number of hydrogen-bond acceptors (Lipinski definition) is 3. The fraction of sp³-hybridized carbons (Fsp3) is 0.400. The van der Waals surface area contributed by atoms with Crippen molar-refractivity contribution < 1.29 is 19.0 Å². The first-order valence-corrected chi connectivity index (χ1v) is 6.60. The maximum atomic E-state index is 13.0. The van der Waals surface area contributed by atoms with Gasteiger partial charge in [0.2, 0.25) is 0 Å². The first kappa shape index (κ1) is 14.5. The topological polar surface area (TPSA) is 58.6 Å². The van der Waals surface area contributed by atoms with Crippen molar-refractivity contribution in [1.82, 2.24) is 5.32 Å². The molecule has 0 aliphatic heterocycles. The minimum absolute atomic E-state index is 0.0816. The highest BCUT2D eigenvalue weighted by Gasteiger charge is 2.23. The Labute approximate surface area is 117 Å². The summed E-state index contributed by atoms with van der Waals surface area (Å²) < 4.78 is 18.4. The summed E-state index contributed by atoms with van der Waals surface area (Å²) in [6.45, 7) is 1.70. The average Bonchev–Trinajstić information content (AvgIpc) is 2.86. The van der Waals surface area contributed by atoms with Crippen LogP contribution in [0.15, 0.2) is 36.4 Å². The molecule has 1 aromatic rings. The molecule has 1 aliphatic rings. The molecule has 4 nitrogen and oxygen atoms in total. The minimum Gasteiger partial charge on any atom is -0.481 e. The highest BCUT2D eigenvalue weighted by molar-refractivity contribution is 5.81. The van der Waals surface area contributed by atoms with Crippen LogP contribution >= 0.6 is 0 Å². The lowest BCUT2D eigenvalue weighted by atomic mass is 10.1. The number of benzene rings is 1. The molecule has 0 bridgehead atoms. The predicted octanol–water partition coefficient (Wildman–Crippen LogP) is 1.65. The number of ether oxygens (including phenoxy) is 1. The number of carbonyl (C=O) groups is 1. The molecule has 0 spiro atoms. The van der Waals surface area contributed by atoms with Crippen LogP contribution < -0.4 is 10.1 Å². The summed E-state index contributed by atoms with van der Waals surface area (Å²) in [5.41, 5.74) is 0. The molecule has 0 aromatic heterocycles. The number of aliphatic hydroxyl groups is 1. The van der Waals surface area contributed by atoms with E-state index in [0.29, 0.717) is 12.2 Å². The Morgan fingerprint density at radius 2 is 2.35 bits per heavy atom. The van der Waals surface area contributed by atoms with Crippen molar-refractivity contribution in [3.8, 4) is 5.75 Å². The summed E-state index contributed by atoms with van der Waals surface area (Å²) in [4.78, 5) is 12.0. The molecule has 0 radical (unpaired) electrons. The van der Waals surface area contributed by atoms with E-state index < -0.39 is 11.9 Å². The smallest absolute Gasteiger partial charge is 0.261 e. The third kappa shape index (κ3) is 3.81. The summed E-state index contributed by atoms with van der Waals surface area (Å²) in [6.07, 6.45) is 3.74. The number of nitrogens with one attached hydrogen (secondary N) is 1. The summed E-state index contributed by atoms with van der Waals surface area (Å²) in [6, 6.07) is 5.60. The van der Waals surface area contributed by atoms with Crippen molar-refractivity contribution in [2.75, 3.05) is 6.61 Å². The van der Waals surface area contributed by atoms with Crippen LogP contribution in [0.3, 0.4) is 0 Å². The van der Waals surface area contributed by atoms with Crippen LogP contribution in [0.25, 0.3) is 0 Å². The Hall–Kier alpha value is -1.88. The van der Waals surface area contributed by atoms with Gasteiger partial charge in [0, 0.05) is 24.6 Å². The molecule has 0 heterocycles. The van der Waals surface area contributed by atoms with Crippen molar-refractivity contribution in [2.24, 2.45) is 5.92 Å². The first-order valence-electron chi connectivity index (χ1n) is 6.60. The molecule has 0 saturated carbocycles. The summed E-state index contributed by atoms with van der Waals surface area (Å²) in [5.74, 6) is -0.246. The van der Waals surface area contributed by atoms with E-state index in [2.05, 4.69) is 5.32 Å². The molecule has 108 valence electrons. The Balaban J connectivity index is 1.85. The fourth-order valence-corrected chi connectivity index (χ4v) is 2.12. The van der Waals surface area contributed by atoms with Crippen molar-refractivity contribution >= 4 is 5.91 Å². The van der Waals surface area contributed by atoms with Crippen molar-refractivity contribution in [3.63, 3.8) is 0 Å². The Bertz CT molecular complexity index is 504. The lowest BCUT2D eigenvalue weighted by molar-refractivity contribution is -0.127. The standard InChI is InChI=1S/C15H18FNO3/c1-10(20-14-4-2-3-12(16)8-14)15(19)17-13-6-5-11(7-13)9-18/h2-6,8,10-11,13,18H,7,9H2,1H3,(H,17,19)/t10?,11-,13+/m0/s1. The van der Waals surface area contributed by atoms with Gasteiger partial charge in [-0.15, -0.1) is 0 Å². The second-order valence-corrected chi connectivity index (χ2v) is 4.90. The minimum atomic E-state index is -0.710. The molecule has 5 heteroatoms. The van der Waals surface area contributed by atoms with Crippen molar-refractivity contribution in [1.29, 1.82) is 0 Å². The van der Waals surface area contributed by atoms with E-state index in [4.69, 9.17) is 9.84 Å². The Kier molecular flexibility index (Phi) is 4.74. The van der Waals surface area contributed by atoms with Gasteiger partial charge in [0.1, 0.15) is 11.6 Å². The molecule has 1 aromatic carbocycles. The lowest BCUT2D eigenvalue weighted by Crippen LogP contribution is -2.41. The predicted molar refractivity (Wildman–Crippen MR) is 72.8 cm³/mol. The van der Waals surface area contributed by atoms with Crippen molar-refractivity contribution in [2.45, 2.75) is 25.5 Å². The number of amides is 1. The number of carbonyl (C=O) groups excluding carboxylic acids is 1. The SMILES string of the molecule is CC(Oc1cccc(F)c1)C(=O)N[C@@H]1C=C[C@H](CO)C1. The largest absolute Gasteiger partial charge is 0.481 e. The van der Waals surface area contributed by atoms with Crippen LogP contribution in [0.5, 0.6) is 5.75 Å². The van der Waals surface area contributed by atoms with Crippen molar-refractivity contribution in [3.05, 3.63) is 42.2 Å². The van der Waals surface area contributed by atoms with Crippen LogP contribution in [0.2, 0.25) is 0 Å². The zero-order valence-electron chi connectivity index (χ0n) is 11.3. The first-order chi connectivity index (χ1) is 9.58. The summed E-state index contributed by atoms with van der Waals surface area (Å²) in [7, 11) is 0. The van der Waals surface area contributed by atoms with E-state index in [0.717, 1.165) is 0 Å². The molecular weight excluding hydrogens is 261 g/mol. The van der Waals surface area contributed by atoms with Gasteiger partial charge in [-0.2, -0.15) is 0 Å². The number of halogens is 1. The Morgan fingerprint density at radius 3 is 3.00 bits per heavy atom. The lowest BCUT2D eigenvalue weighted by Gasteiger charge is -2.18. The second-order valence-electron chi connectivity index (χ2n) is 4.90. The molecule has 1 amide bonds. The zero-order chi connectivity index (χ0) is 14.5. The molecule has 1 aliphatic carbocycles. The van der Waals surface area contributed by atoms with Crippen LogP contribution in [-0.2, 0) is 4.79 Å². The van der Waals surface area contributed by atoms with E-state index in [1.807, 2.05) is 12.2 Å². The molecule has 0 saturated heterocycles. The van der Waals surface area contributed by atoms with Crippen LogP contribution in [0.1, 0.15) is 13.3 Å². The molecule has 1 unspecified atom stereocenters. The van der Waals surface area contributed by atoms with Gasteiger partial charge in [0.25, 0.3) is 5.91 Å². The van der Waals surface area contributed by atoms with E-state index in [-0.39, 0.29) is 24.5 Å². The van der Waals surface area contributed by atoms with Gasteiger partial charge in [-0.3, -0.25) is 4.79 Å². The molecule has 2 N–H and O–H groups in total. The molecule has 3 atom stereocenters. The second kappa shape index (κ2) is 6.52. The van der Waals surface area contributed by atoms with E-state index in [1.165, 1.54) is 18.2 Å². The van der Waals surface area contributed by atoms with Gasteiger partial charge in [0.05, 0.1) is 0 Å². The van der Waals surface area contributed by atoms with Crippen LogP contribution in [0.4, 0.5) is 4.39 Å².